The van der Waals surface area contributed by atoms with Gasteiger partial charge in [-0.3, -0.25) is 4.21 Å². The molecule has 0 heterocycles. The smallest absolute Gasteiger partial charge is 0.121 e. The Kier molecular flexibility index (Phi) is 4.38. The Bertz CT molecular complexity index is 439. The molecule has 0 radical (unpaired) electrons. The second-order valence-corrected chi connectivity index (χ2v) is 8.00. The van der Waals surface area contributed by atoms with Crippen LogP contribution in [0.25, 0.3) is 0 Å². The monoisotopic (exact) mass is 266 g/mol. The van der Waals surface area contributed by atoms with Crippen LogP contribution in [0.2, 0.25) is 0 Å². The topological polar surface area (TPSA) is 26.3 Å². The van der Waals surface area contributed by atoms with E-state index in [1.165, 1.54) is 0 Å². The van der Waals surface area contributed by atoms with E-state index in [0.717, 1.165) is 10.6 Å². The standard InChI is InChI=1S/C15H22O2S/c1-7-15(5,6)17-12-8-10-13(11-9-12)18(16)14(2,3)4/h7-11H,1H2,2-6H3. The van der Waals surface area contributed by atoms with Crippen molar-refractivity contribution in [3.05, 3.63) is 36.9 Å². The minimum atomic E-state index is -1.01. The molecule has 18 heavy (non-hydrogen) atoms. The predicted octanol–water partition coefficient (Wildman–Crippen LogP) is 3.94. The van der Waals surface area contributed by atoms with Gasteiger partial charge >= 0.3 is 0 Å². The first kappa shape index (κ1) is 15.0. The summed E-state index contributed by atoms with van der Waals surface area (Å²) in [5.41, 5.74) is -0.398. The van der Waals surface area contributed by atoms with Gasteiger partial charge in [-0.05, 0) is 65.0 Å². The van der Waals surface area contributed by atoms with E-state index in [4.69, 9.17) is 4.74 Å². The van der Waals surface area contributed by atoms with Crippen LogP contribution in [-0.4, -0.2) is 14.6 Å². The van der Waals surface area contributed by atoms with Gasteiger partial charge < -0.3 is 4.74 Å². The minimum Gasteiger partial charge on any atom is -0.484 e. The van der Waals surface area contributed by atoms with E-state index in [9.17, 15) is 4.21 Å². The minimum absolute atomic E-state index is 0.247. The van der Waals surface area contributed by atoms with Crippen LogP contribution in [0.4, 0.5) is 0 Å². The van der Waals surface area contributed by atoms with Gasteiger partial charge in [-0.25, -0.2) is 0 Å². The summed E-state index contributed by atoms with van der Waals surface area (Å²) < 4.78 is 17.7. The highest BCUT2D eigenvalue weighted by Gasteiger charge is 2.21. The molecular formula is C15H22O2S. The Hall–Kier alpha value is -1.09. The lowest BCUT2D eigenvalue weighted by Gasteiger charge is -2.23. The molecule has 0 aliphatic carbocycles. The molecule has 0 aliphatic heterocycles. The number of benzene rings is 1. The van der Waals surface area contributed by atoms with E-state index in [0.29, 0.717) is 0 Å². The van der Waals surface area contributed by atoms with Gasteiger partial charge in [-0.2, -0.15) is 0 Å². The highest BCUT2D eigenvalue weighted by atomic mass is 32.2. The maximum atomic E-state index is 12.2. The molecule has 1 aromatic rings. The van der Waals surface area contributed by atoms with Crippen LogP contribution in [0, 0.1) is 0 Å². The number of hydrogen-bond acceptors (Lipinski definition) is 2. The second kappa shape index (κ2) is 5.27. The van der Waals surface area contributed by atoms with Crippen molar-refractivity contribution < 1.29 is 8.95 Å². The zero-order chi connectivity index (χ0) is 14.0. The van der Waals surface area contributed by atoms with E-state index in [-0.39, 0.29) is 4.75 Å². The van der Waals surface area contributed by atoms with Gasteiger partial charge in [0, 0.05) is 9.64 Å². The molecule has 0 spiro atoms. The first-order valence-corrected chi connectivity index (χ1v) is 7.15. The van der Waals surface area contributed by atoms with Crippen LogP contribution in [-0.2, 0) is 10.8 Å². The Morgan fingerprint density at radius 2 is 1.61 bits per heavy atom. The van der Waals surface area contributed by atoms with Gasteiger partial charge in [0.15, 0.2) is 0 Å². The average Bonchev–Trinajstić information content (AvgIpc) is 2.27. The fourth-order valence-electron chi connectivity index (χ4n) is 1.33. The molecule has 0 fully saturated rings. The first-order valence-electron chi connectivity index (χ1n) is 6.00. The first-order chi connectivity index (χ1) is 8.15. The Morgan fingerprint density at radius 3 is 2.00 bits per heavy atom. The van der Waals surface area contributed by atoms with Gasteiger partial charge in [0.05, 0.1) is 10.8 Å². The third-order valence-electron chi connectivity index (χ3n) is 2.47. The van der Waals surface area contributed by atoms with Crippen LogP contribution in [0.15, 0.2) is 41.8 Å². The van der Waals surface area contributed by atoms with E-state index >= 15 is 0 Å². The van der Waals surface area contributed by atoms with Crippen molar-refractivity contribution in [3.8, 4) is 5.75 Å². The van der Waals surface area contributed by atoms with Crippen molar-refractivity contribution >= 4 is 10.8 Å². The van der Waals surface area contributed by atoms with E-state index in [1.807, 2.05) is 58.9 Å². The van der Waals surface area contributed by atoms with Crippen LogP contribution >= 0.6 is 0 Å². The van der Waals surface area contributed by atoms with E-state index < -0.39 is 16.4 Å². The zero-order valence-electron chi connectivity index (χ0n) is 11.8. The number of ether oxygens (including phenoxy) is 1. The third kappa shape index (κ3) is 3.98. The molecule has 0 saturated heterocycles. The summed E-state index contributed by atoms with van der Waals surface area (Å²) >= 11 is 0. The Morgan fingerprint density at radius 1 is 1.11 bits per heavy atom. The van der Waals surface area contributed by atoms with Crippen molar-refractivity contribution in [1.29, 1.82) is 0 Å². The summed E-state index contributed by atoms with van der Waals surface area (Å²) in [4.78, 5) is 0.825. The normalized spacial score (nSPS) is 14.1. The van der Waals surface area contributed by atoms with E-state index in [2.05, 4.69) is 6.58 Å². The molecule has 0 N–H and O–H groups in total. The lowest BCUT2D eigenvalue weighted by atomic mass is 10.1. The van der Waals surface area contributed by atoms with Gasteiger partial charge in [0.1, 0.15) is 11.4 Å². The quantitative estimate of drug-likeness (QED) is 0.772. The molecule has 0 amide bonds. The van der Waals surface area contributed by atoms with Crippen LogP contribution in [0.5, 0.6) is 5.75 Å². The van der Waals surface area contributed by atoms with E-state index in [1.54, 1.807) is 6.08 Å². The molecule has 0 saturated carbocycles. The fraction of sp³-hybridized carbons (Fsp3) is 0.467. The molecule has 1 unspecified atom stereocenters. The largest absolute Gasteiger partial charge is 0.484 e. The van der Waals surface area contributed by atoms with Gasteiger partial charge in [0.25, 0.3) is 0 Å². The molecule has 0 bridgehead atoms. The number of rotatable bonds is 4. The SMILES string of the molecule is C=CC(C)(C)Oc1ccc(S(=O)C(C)(C)C)cc1. The summed E-state index contributed by atoms with van der Waals surface area (Å²) in [5, 5.41) is 0. The molecule has 0 aromatic heterocycles. The lowest BCUT2D eigenvalue weighted by molar-refractivity contribution is 0.162. The van der Waals surface area contributed by atoms with Crippen molar-refractivity contribution in [2.75, 3.05) is 0 Å². The zero-order valence-corrected chi connectivity index (χ0v) is 12.6. The molecular weight excluding hydrogens is 244 g/mol. The molecule has 1 atom stereocenters. The van der Waals surface area contributed by atoms with Crippen LogP contribution in [0.1, 0.15) is 34.6 Å². The van der Waals surface area contributed by atoms with Crippen LogP contribution in [0.3, 0.4) is 0 Å². The maximum absolute atomic E-state index is 12.2. The van der Waals surface area contributed by atoms with Crippen molar-refractivity contribution in [2.45, 2.75) is 49.9 Å². The molecule has 0 aliphatic rings. The summed E-state index contributed by atoms with van der Waals surface area (Å²) in [5.74, 6) is 0.759. The van der Waals surface area contributed by atoms with Crippen molar-refractivity contribution in [2.24, 2.45) is 0 Å². The molecule has 100 valence electrons. The number of hydrogen-bond donors (Lipinski definition) is 0. The van der Waals surface area contributed by atoms with Crippen LogP contribution < -0.4 is 4.74 Å². The van der Waals surface area contributed by atoms with Crippen molar-refractivity contribution in [3.63, 3.8) is 0 Å². The maximum Gasteiger partial charge on any atom is 0.121 e. The summed E-state index contributed by atoms with van der Waals surface area (Å²) in [7, 11) is -1.01. The fourth-order valence-corrected chi connectivity index (χ4v) is 2.42. The van der Waals surface area contributed by atoms with Gasteiger partial charge in [-0.1, -0.05) is 6.58 Å². The Labute approximate surface area is 113 Å². The molecule has 1 aromatic carbocycles. The van der Waals surface area contributed by atoms with Crippen molar-refractivity contribution in [1.82, 2.24) is 0 Å². The molecule has 3 heteroatoms. The lowest BCUT2D eigenvalue weighted by Crippen LogP contribution is -2.24. The third-order valence-corrected chi connectivity index (χ3v) is 4.28. The summed E-state index contributed by atoms with van der Waals surface area (Å²) in [6, 6.07) is 7.42. The average molecular weight is 266 g/mol. The summed E-state index contributed by atoms with van der Waals surface area (Å²) in [6.45, 7) is 13.5. The molecule has 1 rings (SSSR count). The van der Waals surface area contributed by atoms with Gasteiger partial charge in [0.2, 0.25) is 0 Å². The molecule has 2 nitrogen and oxygen atoms in total. The Balaban J connectivity index is 2.87. The highest BCUT2D eigenvalue weighted by molar-refractivity contribution is 7.86. The second-order valence-electron chi connectivity index (χ2n) is 5.76. The summed E-state index contributed by atoms with van der Waals surface area (Å²) in [6.07, 6.45) is 1.76. The highest BCUT2D eigenvalue weighted by Crippen LogP contribution is 2.24. The van der Waals surface area contributed by atoms with Gasteiger partial charge in [-0.15, -0.1) is 0 Å². The predicted molar refractivity (Wildman–Crippen MR) is 77.5 cm³/mol.